The van der Waals surface area contributed by atoms with Crippen LogP contribution >= 0.6 is 0 Å². The van der Waals surface area contributed by atoms with Crippen LogP contribution in [-0.4, -0.2) is 0 Å². The van der Waals surface area contributed by atoms with Gasteiger partial charge in [-0.1, -0.05) is 120 Å². The highest BCUT2D eigenvalue weighted by Crippen LogP contribution is 2.35. The molecule has 0 atom stereocenters. The summed E-state index contributed by atoms with van der Waals surface area (Å²) in [5, 5.41) is 0. The second-order valence-electron chi connectivity index (χ2n) is 12.4. The lowest BCUT2D eigenvalue weighted by atomic mass is 9.96. The third-order valence-corrected chi connectivity index (χ3v) is 6.70. The number of benzene rings is 1. The topological polar surface area (TPSA) is 0 Å². The Kier molecular flexibility index (Phi) is 18.0. The molecule has 0 N–H and O–H groups in total. The molecule has 2 aliphatic rings. The van der Waals surface area contributed by atoms with Gasteiger partial charge in [0.05, 0.1) is 0 Å². The van der Waals surface area contributed by atoms with Crippen molar-refractivity contribution >= 4 is 0 Å². The molecule has 33 heavy (non-hydrogen) atoms. The molecule has 0 amide bonds. The Bertz CT molecular complexity index is 534. The van der Waals surface area contributed by atoms with Gasteiger partial charge in [-0.15, -0.1) is 0 Å². The monoisotopic (exact) mass is 462 g/mol. The third-order valence-electron chi connectivity index (χ3n) is 6.70. The molecule has 2 fully saturated rings. The highest BCUT2D eigenvalue weighted by atomic mass is 19.1. The van der Waals surface area contributed by atoms with Crippen molar-refractivity contribution in [1.82, 2.24) is 0 Å². The first-order valence-corrected chi connectivity index (χ1v) is 14.2. The molecule has 2 saturated carbocycles. The first-order chi connectivity index (χ1) is 15.4. The fourth-order valence-electron chi connectivity index (χ4n) is 4.19. The van der Waals surface area contributed by atoms with Gasteiger partial charge < -0.3 is 0 Å². The van der Waals surface area contributed by atoms with Crippen molar-refractivity contribution in [3.63, 3.8) is 0 Å². The summed E-state index contributed by atoms with van der Waals surface area (Å²) >= 11 is 0. The van der Waals surface area contributed by atoms with Gasteiger partial charge in [-0.2, -0.15) is 0 Å². The Morgan fingerprint density at radius 1 is 0.667 bits per heavy atom. The summed E-state index contributed by atoms with van der Waals surface area (Å²) in [7, 11) is 0. The van der Waals surface area contributed by atoms with Crippen molar-refractivity contribution in [2.24, 2.45) is 35.5 Å². The zero-order chi connectivity index (χ0) is 25.4. The summed E-state index contributed by atoms with van der Waals surface area (Å²) in [5.74, 6) is 6.17. The maximum atomic E-state index is 12.4. The fraction of sp³-hybridized carbons (Fsp3) is 0.812. The fourth-order valence-corrected chi connectivity index (χ4v) is 4.19. The van der Waals surface area contributed by atoms with E-state index < -0.39 is 0 Å². The van der Waals surface area contributed by atoms with E-state index >= 15 is 0 Å². The van der Waals surface area contributed by atoms with Gasteiger partial charge in [0.25, 0.3) is 0 Å². The molecule has 0 aromatic heterocycles. The van der Waals surface area contributed by atoms with Crippen LogP contribution < -0.4 is 0 Å². The van der Waals surface area contributed by atoms with Crippen molar-refractivity contribution in [2.75, 3.05) is 0 Å². The molecule has 0 radical (unpaired) electrons. The minimum absolute atomic E-state index is 0.163. The van der Waals surface area contributed by atoms with E-state index in [9.17, 15) is 4.39 Å². The van der Waals surface area contributed by atoms with E-state index in [1.807, 2.05) is 12.1 Å². The molecular weight excluding hydrogens is 403 g/mol. The molecule has 1 aromatic rings. The minimum atomic E-state index is -0.163. The molecule has 0 heterocycles. The second-order valence-corrected chi connectivity index (χ2v) is 12.4. The van der Waals surface area contributed by atoms with Crippen LogP contribution in [0.5, 0.6) is 0 Å². The quantitative estimate of drug-likeness (QED) is 0.378. The van der Waals surface area contributed by atoms with Crippen LogP contribution in [0, 0.1) is 41.3 Å². The molecule has 0 spiro atoms. The molecule has 194 valence electrons. The Hall–Kier alpha value is -0.850. The van der Waals surface area contributed by atoms with Crippen LogP contribution in [0.25, 0.3) is 0 Å². The van der Waals surface area contributed by atoms with E-state index in [0.29, 0.717) is 5.92 Å². The van der Waals surface area contributed by atoms with Crippen LogP contribution in [0.3, 0.4) is 0 Å². The molecule has 2 aliphatic carbocycles. The molecule has 1 heteroatoms. The summed E-state index contributed by atoms with van der Waals surface area (Å²) in [4.78, 5) is 0. The predicted octanol–water partition coefficient (Wildman–Crippen LogP) is 11.3. The first kappa shape index (κ1) is 32.1. The largest absolute Gasteiger partial charge is 0.207 e. The van der Waals surface area contributed by atoms with Gasteiger partial charge in [-0.25, -0.2) is 4.39 Å². The Balaban J connectivity index is 0.000000420. The predicted molar refractivity (Wildman–Crippen MR) is 148 cm³/mol. The van der Waals surface area contributed by atoms with Crippen molar-refractivity contribution in [2.45, 2.75) is 133 Å². The van der Waals surface area contributed by atoms with Crippen LogP contribution in [0.4, 0.5) is 4.39 Å². The summed E-state index contributed by atoms with van der Waals surface area (Å²) in [5.41, 5.74) is 1.18. The summed E-state index contributed by atoms with van der Waals surface area (Å²) in [6.07, 6.45) is 13.3. The van der Waals surface area contributed by atoms with Crippen molar-refractivity contribution < 1.29 is 4.39 Å². The molecule has 0 aliphatic heterocycles. The van der Waals surface area contributed by atoms with Crippen molar-refractivity contribution in [3.8, 4) is 0 Å². The molecule has 0 nitrogen and oxygen atoms in total. The van der Waals surface area contributed by atoms with Gasteiger partial charge in [-0.05, 0) is 78.4 Å². The van der Waals surface area contributed by atoms with Gasteiger partial charge in [0.2, 0.25) is 0 Å². The number of hydrogen-bond donors (Lipinski definition) is 0. The number of halogens is 1. The van der Waals surface area contributed by atoms with Crippen LogP contribution in [0.1, 0.15) is 139 Å². The number of hydrogen-bond acceptors (Lipinski definition) is 0. The molecule has 0 saturated heterocycles. The van der Waals surface area contributed by atoms with E-state index in [1.165, 1.54) is 75.5 Å². The summed E-state index contributed by atoms with van der Waals surface area (Å²) in [6.45, 7) is 22.6. The smallest absolute Gasteiger partial charge is 0.123 e. The van der Waals surface area contributed by atoms with E-state index in [2.05, 4.69) is 69.2 Å². The number of rotatable bonds is 7. The Labute approximate surface area is 208 Å². The van der Waals surface area contributed by atoms with Gasteiger partial charge >= 0.3 is 0 Å². The van der Waals surface area contributed by atoms with E-state index in [0.717, 1.165) is 35.5 Å². The lowest BCUT2D eigenvalue weighted by Crippen LogP contribution is -1.98. The van der Waals surface area contributed by atoms with Crippen molar-refractivity contribution in [1.29, 1.82) is 0 Å². The molecule has 0 bridgehead atoms. The standard InChI is InChI=1S/C9H11F.C9H18.C8H18.C6H12/c1-7(2)8-3-5-9(10)6-4-8;1-8(2)7-9-5-3-4-6-9;1-7(2)5-6-8(3)4;1-5(2)6-3-4-6/h3-7H,1-2H3;8-9H,3-7H2,1-2H3;7-8H,5-6H2,1-4H3;5-6H,3-4H2,1-2H3. The lowest BCUT2D eigenvalue weighted by molar-refractivity contribution is 0.419. The lowest BCUT2D eigenvalue weighted by Gasteiger charge is -2.10. The molecule has 1 aromatic carbocycles. The van der Waals surface area contributed by atoms with Crippen LogP contribution in [0.15, 0.2) is 24.3 Å². The zero-order valence-corrected chi connectivity index (χ0v) is 24.1. The van der Waals surface area contributed by atoms with E-state index in [-0.39, 0.29) is 5.82 Å². The summed E-state index contributed by atoms with van der Waals surface area (Å²) in [6, 6.07) is 6.63. The van der Waals surface area contributed by atoms with Gasteiger partial charge in [0.15, 0.2) is 0 Å². The van der Waals surface area contributed by atoms with E-state index in [4.69, 9.17) is 0 Å². The highest BCUT2D eigenvalue weighted by molar-refractivity contribution is 5.18. The zero-order valence-electron chi connectivity index (χ0n) is 24.1. The second kappa shape index (κ2) is 18.5. The van der Waals surface area contributed by atoms with Gasteiger partial charge in [0, 0.05) is 0 Å². The maximum Gasteiger partial charge on any atom is 0.123 e. The molecule has 0 unspecified atom stereocenters. The van der Waals surface area contributed by atoms with Gasteiger partial charge in [0.1, 0.15) is 5.82 Å². The van der Waals surface area contributed by atoms with Crippen LogP contribution in [0.2, 0.25) is 0 Å². The third kappa shape index (κ3) is 20.3. The van der Waals surface area contributed by atoms with Gasteiger partial charge in [-0.3, -0.25) is 0 Å². The van der Waals surface area contributed by atoms with Crippen LogP contribution in [-0.2, 0) is 0 Å². The maximum absolute atomic E-state index is 12.4. The Morgan fingerprint density at radius 3 is 1.39 bits per heavy atom. The molecular formula is C32H59F. The Morgan fingerprint density at radius 2 is 1.12 bits per heavy atom. The minimum Gasteiger partial charge on any atom is -0.207 e. The first-order valence-electron chi connectivity index (χ1n) is 14.2. The normalized spacial score (nSPS) is 15.9. The highest BCUT2D eigenvalue weighted by Gasteiger charge is 2.24. The van der Waals surface area contributed by atoms with Crippen molar-refractivity contribution in [3.05, 3.63) is 35.6 Å². The average Bonchev–Trinajstić information content (AvgIpc) is 3.46. The molecule has 3 rings (SSSR count). The van der Waals surface area contributed by atoms with E-state index in [1.54, 1.807) is 0 Å². The average molecular weight is 463 g/mol. The SMILES string of the molecule is CC(C)C1CC1.CC(C)CC1CCCC1.CC(C)CCC(C)C.CC(C)c1ccc(F)cc1. The summed E-state index contributed by atoms with van der Waals surface area (Å²) < 4.78 is 12.4.